The van der Waals surface area contributed by atoms with Crippen LogP contribution in [-0.4, -0.2) is 32.4 Å². The molecule has 0 bridgehead atoms. The summed E-state index contributed by atoms with van der Waals surface area (Å²) in [6.07, 6.45) is 5.95. The maximum absolute atomic E-state index is 13.1. The summed E-state index contributed by atoms with van der Waals surface area (Å²) in [6, 6.07) is 9.58. The van der Waals surface area contributed by atoms with Crippen molar-refractivity contribution in [1.29, 1.82) is 0 Å². The van der Waals surface area contributed by atoms with Crippen LogP contribution in [0.3, 0.4) is 0 Å². The van der Waals surface area contributed by atoms with Gasteiger partial charge < -0.3 is 15.2 Å². The number of fused-ring (bicyclic) bond motifs is 1. The van der Waals surface area contributed by atoms with Gasteiger partial charge in [0.2, 0.25) is 0 Å². The third kappa shape index (κ3) is 3.06. The van der Waals surface area contributed by atoms with Crippen LogP contribution in [0.25, 0.3) is 0 Å². The Balaban J connectivity index is 1.67. The number of hydrogen-bond donors (Lipinski definition) is 2. The minimum absolute atomic E-state index is 0.120. The van der Waals surface area contributed by atoms with Gasteiger partial charge in [-0.1, -0.05) is 6.07 Å². The molecule has 0 spiro atoms. The standard InChI is InChI=1S/C20H21N5O/c1-13-9-14(2)11-16(10-13)24-20(26)25-8-5-17-18(23-12-22-17)19(25)15-3-6-21-7-4-15/h3-4,6-7,9-12,19H,5,8H2,1-2H3,(H,22,23)(H,24,26). The second kappa shape index (κ2) is 6.63. The largest absolute Gasteiger partial charge is 0.348 e. The Morgan fingerprint density at radius 2 is 1.92 bits per heavy atom. The zero-order chi connectivity index (χ0) is 18.1. The molecule has 1 aliphatic rings. The quantitative estimate of drug-likeness (QED) is 0.744. The fourth-order valence-electron chi connectivity index (χ4n) is 3.62. The molecule has 3 aromatic rings. The number of amides is 2. The first-order chi connectivity index (χ1) is 12.6. The van der Waals surface area contributed by atoms with Crippen molar-refractivity contribution in [3.05, 3.63) is 77.1 Å². The Hall–Kier alpha value is -3.15. The molecule has 132 valence electrons. The number of aryl methyl sites for hydroxylation is 2. The zero-order valence-electron chi connectivity index (χ0n) is 14.9. The molecule has 6 nitrogen and oxygen atoms in total. The number of imidazole rings is 1. The van der Waals surface area contributed by atoms with Crippen LogP contribution in [-0.2, 0) is 6.42 Å². The second-order valence-corrected chi connectivity index (χ2v) is 6.70. The molecule has 0 radical (unpaired) electrons. The van der Waals surface area contributed by atoms with Crippen LogP contribution in [0.5, 0.6) is 0 Å². The highest BCUT2D eigenvalue weighted by Gasteiger charge is 2.34. The van der Waals surface area contributed by atoms with E-state index in [1.807, 2.05) is 43.0 Å². The van der Waals surface area contributed by atoms with Crippen LogP contribution in [0.15, 0.2) is 49.1 Å². The summed E-state index contributed by atoms with van der Waals surface area (Å²) in [5, 5.41) is 3.05. The Bertz CT molecular complexity index is 914. The highest BCUT2D eigenvalue weighted by molar-refractivity contribution is 5.90. The number of carbonyl (C=O) groups excluding carboxylic acids is 1. The molecular weight excluding hydrogens is 326 g/mol. The van der Waals surface area contributed by atoms with Crippen LogP contribution in [0.4, 0.5) is 10.5 Å². The summed E-state index contributed by atoms with van der Waals surface area (Å²) >= 11 is 0. The van der Waals surface area contributed by atoms with Crippen molar-refractivity contribution < 1.29 is 4.79 Å². The first kappa shape index (κ1) is 16.3. The summed E-state index contributed by atoms with van der Waals surface area (Å²) in [6.45, 7) is 4.68. The molecule has 6 heteroatoms. The fraction of sp³-hybridized carbons (Fsp3) is 0.250. The van der Waals surface area contributed by atoms with Crippen molar-refractivity contribution in [3.8, 4) is 0 Å². The average molecular weight is 347 g/mol. The molecule has 0 fully saturated rings. The van der Waals surface area contributed by atoms with E-state index in [9.17, 15) is 4.79 Å². The SMILES string of the molecule is Cc1cc(C)cc(NC(=O)N2CCc3[nH]cnc3C2c2ccncc2)c1. The molecule has 0 aliphatic carbocycles. The van der Waals surface area contributed by atoms with Gasteiger partial charge in [0, 0.05) is 36.7 Å². The van der Waals surface area contributed by atoms with Gasteiger partial charge in [-0.3, -0.25) is 4.98 Å². The highest BCUT2D eigenvalue weighted by Crippen LogP contribution is 2.33. The molecular formula is C20H21N5O. The van der Waals surface area contributed by atoms with E-state index in [0.717, 1.165) is 40.2 Å². The monoisotopic (exact) mass is 347 g/mol. The normalized spacial score (nSPS) is 16.2. The summed E-state index contributed by atoms with van der Waals surface area (Å²) in [4.78, 5) is 26.7. The van der Waals surface area contributed by atoms with E-state index < -0.39 is 0 Å². The van der Waals surface area contributed by atoms with Gasteiger partial charge in [0.25, 0.3) is 0 Å². The smallest absolute Gasteiger partial charge is 0.322 e. The molecule has 1 aliphatic heterocycles. The predicted octanol–water partition coefficient (Wildman–Crippen LogP) is 3.60. The number of benzene rings is 1. The van der Waals surface area contributed by atoms with Gasteiger partial charge in [-0.15, -0.1) is 0 Å². The molecule has 1 unspecified atom stereocenters. The van der Waals surface area contributed by atoms with Crippen molar-refractivity contribution in [2.45, 2.75) is 26.3 Å². The minimum atomic E-state index is -0.223. The minimum Gasteiger partial charge on any atom is -0.348 e. The van der Waals surface area contributed by atoms with Crippen LogP contribution in [0.2, 0.25) is 0 Å². The summed E-state index contributed by atoms with van der Waals surface area (Å²) in [7, 11) is 0. The lowest BCUT2D eigenvalue weighted by Gasteiger charge is -2.35. The Morgan fingerprint density at radius 1 is 1.19 bits per heavy atom. The van der Waals surface area contributed by atoms with Gasteiger partial charge in [-0.05, 0) is 54.8 Å². The molecule has 4 rings (SSSR count). The highest BCUT2D eigenvalue weighted by atomic mass is 16.2. The van der Waals surface area contributed by atoms with Crippen molar-refractivity contribution in [2.24, 2.45) is 0 Å². The van der Waals surface area contributed by atoms with E-state index >= 15 is 0 Å². The van der Waals surface area contributed by atoms with Gasteiger partial charge in [0.15, 0.2) is 0 Å². The van der Waals surface area contributed by atoms with Crippen LogP contribution < -0.4 is 5.32 Å². The number of nitrogens with one attached hydrogen (secondary N) is 2. The number of anilines is 1. The van der Waals surface area contributed by atoms with E-state index in [1.165, 1.54) is 0 Å². The van der Waals surface area contributed by atoms with E-state index in [1.54, 1.807) is 18.7 Å². The van der Waals surface area contributed by atoms with Crippen LogP contribution >= 0.6 is 0 Å². The molecule has 0 saturated heterocycles. The number of urea groups is 1. The lowest BCUT2D eigenvalue weighted by Crippen LogP contribution is -2.43. The van der Waals surface area contributed by atoms with E-state index in [0.29, 0.717) is 6.54 Å². The molecule has 2 amide bonds. The predicted molar refractivity (Wildman–Crippen MR) is 100 cm³/mol. The molecule has 3 heterocycles. The number of H-pyrrole nitrogens is 1. The average Bonchev–Trinajstić information content (AvgIpc) is 3.09. The lowest BCUT2D eigenvalue weighted by atomic mass is 9.97. The van der Waals surface area contributed by atoms with Gasteiger partial charge in [0.1, 0.15) is 6.04 Å². The molecule has 1 aromatic carbocycles. The van der Waals surface area contributed by atoms with E-state index in [4.69, 9.17) is 0 Å². The van der Waals surface area contributed by atoms with E-state index in [2.05, 4.69) is 26.3 Å². The van der Waals surface area contributed by atoms with Crippen molar-refractivity contribution in [3.63, 3.8) is 0 Å². The first-order valence-corrected chi connectivity index (χ1v) is 8.70. The van der Waals surface area contributed by atoms with E-state index in [-0.39, 0.29) is 12.1 Å². The molecule has 0 saturated carbocycles. The third-order valence-corrected chi connectivity index (χ3v) is 4.68. The van der Waals surface area contributed by atoms with Gasteiger partial charge in [-0.2, -0.15) is 0 Å². The van der Waals surface area contributed by atoms with Gasteiger partial charge >= 0.3 is 6.03 Å². The number of nitrogens with zero attached hydrogens (tertiary/aromatic N) is 3. The first-order valence-electron chi connectivity index (χ1n) is 8.70. The molecule has 1 atom stereocenters. The summed E-state index contributed by atoms with van der Waals surface area (Å²) in [5.74, 6) is 0. The summed E-state index contributed by atoms with van der Waals surface area (Å²) < 4.78 is 0. The Morgan fingerprint density at radius 3 is 2.65 bits per heavy atom. The van der Waals surface area contributed by atoms with Crippen LogP contribution in [0, 0.1) is 13.8 Å². The van der Waals surface area contributed by atoms with Gasteiger partial charge in [0.05, 0.1) is 12.0 Å². The van der Waals surface area contributed by atoms with Crippen molar-refractivity contribution in [2.75, 3.05) is 11.9 Å². The zero-order valence-corrected chi connectivity index (χ0v) is 14.9. The maximum Gasteiger partial charge on any atom is 0.322 e. The van der Waals surface area contributed by atoms with Crippen molar-refractivity contribution >= 4 is 11.7 Å². The number of pyridine rings is 1. The summed E-state index contributed by atoms with van der Waals surface area (Å²) in [5.41, 5.74) is 6.05. The van der Waals surface area contributed by atoms with Gasteiger partial charge in [-0.25, -0.2) is 9.78 Å². The second-order valence-electron chi connectivity index (χ2n) is 6.70. The fourth-order valence-corrected chi connectivity index (χ4v) is 3.62. The molecule has 2 aromatic heterocycles. The number of hydrogen-bond acceptors (Lipinski definition) is 3. The topological polar surface area (TPSA) is 73.9 Å². The van der Waals surface area contributed by atoms with Crippen molar-refractivity contribution in [1.82, 2.24) is 19.9 Å². The maximum atomic E-state index is 13.1. The molecule has 26 heavy (non-hydrogen) atoms. The Labute approximate surface area is 152 Å². The number of aromatic nitrogens is 3. The Kier molecular flexibility index (Phi) is 4.16. The lowest BCUT2D eigenvalue weighted by molar-refractivity contribution is 0.192. The number of carbonyl (C=O) groups is 1. The van der Waals surface area contributed by atoms with Crippen LogP contribution in [0.1, 0.15) is 34.1 Å². The molecule has 2 N–H and O–H groups in total. The number of rotatable bonds is 2. The number of aromatic amines is 1. The third-order valence-electron chi connectivity index (χ3n) is 4.68.